The smallest absolute Gasteiger partial charge is 0.264 e. The van der Waals surface area contributed by atoms with Crippen LogP contribution in [0, 0.1) is 13.8 Å². The molecule has 0 radical (unpaired) electrons. The van der Waals surface area contributed by atoms with Crippen molar-refractivity contribution in [1.29, 1.82) is 0 Å². The molecule has 2 aromatic heterocycles. The molecule has 0 bridgehead atoms. The Bertz CT molecular complexity index is 1320. The average Bonchev–Trinajstić information content (AvgIpc) is 2.67. The highest BCUT2D eigenvalue weighted by molar-refractivity contribution is 7.92. The second-order valence-corrected chi connectivity index (χ2v) is 8.87. The number of anilines is 3. The number of aromatic nitrogens is 3. The molecule has 0 saturated carbocycles. The van der Waals surface area contributed by atoms with Crippen molar-refractivity contribution < 1.29 is 8.42 Å². The first kappa shape index (κ1) is 20.1. The fourth-order valence-corrected chi connectivity index (χ4v) is 4.16. The van der Waals surface area contributed by atoms with Crippen molar-refractivity contribution in [2.75, 3.05) is 10.0 Å². The number of sulfonamides is 1. The molecule has 2 heterocycles. The molecular weight excluding hydrogens is 422 g/mol. The zero-order chi connectivity index (χ0) is 21.3. The molecule has 152 valence electrons. The van der Waals surface area contributed by atoms with Crippen molar-refractivity contribution in [3.05, 3.63) is 77.2 Å². The van der Waals surface area contributed by atoms with Gasteiger partial charge in [-0.1, -0.05) is 11.6 Å². The fraction of sp³-hybridized carbons (Fsp3) is 0.0952. The van der Waals surface area contributed by atoms with Crippen LogP contribution in [0.3, 0.4) is 0 Å². The van der Waals surface area contributed by atoms with E-state index in [1.165, 1.54) is 12.1 Å². The fourth-order valence-electron chi connectivity index (χ4n) is 3.05. The van der Waals surface area contributed by atoms with Gasteiger partial charge in [0.25, 0.3) is 10.0 Å². The van der Waals surface area contributed by atoms with E-state index < -0.39 is 10.0 Å². The van der Waals surface area contributed by atoms with Crippen LogP contribution in [0.15, 0.2) is 65.7 Å². The lowest BCUT2D eigenvalue weighted by atomic mass is 10.2. The van der Waals surface area contributed by atoms with Gasteiger partial charge in [-0.15, -0.1) is 0 Å². The van der Waals surface area contributed by atoms with E-state index in [0.717, 1.165) is 22.3 Å². The van der Waals surface area contributed by atoms with Crippen molar-refractivity contribution >= 4 is 49.9 Å². The summed E-state index contributed by atoms with van der Waals surface area (Å²) in [6, 6.07) is 15.5. The van der Waals surface area contributed by atoms with Crippen molar-refractivity contribution in [3.63, 3.8) is 0 Å². The van der Waals surface area contributed by atoms with E-state index in [0.29, 0.717) is 16.4 Å². The zero-order valence-electron chi connectivity index (χ0n) is 16.2. The van der Waals surface area contributed by atoms with Gasteiger partial charge >= 0.3 is 0 Å². The molecule has 0 fully saturated rings. The summed E-state index contributed by atoms with van der Waals surface area (Å²) in [6.07, 6.45) is 1.69. The zero-order valence-corrected chi connectivity index (χ0v) is 17.8. The number of rotatable bonds is 5. The van der Waals surface area contributed by atoms with E-state index in [1.807, 2.05) is 12.1 Å². The van der Waals surface area contributed by atoms with Gasteiger partial charge in [0.2, 0.25) is 5.95 Å². The number of benzene rings is 2. The molecule has 30 heavy (non-hydrogen) atoms. The second kappa shape index (κ2) is 7.89. The Morgan fingerprint density at radius 1 is 0.900 bits per heavy atom. The molecule has 0 saturated heterocycles. The average molecular weight is 440 g/mol. The minimum atomic E-state index is -3.80. The third-order valence-corrected chi connectivity index (χ3v) is 5.94. The summed E-state index contributed by atoms with van der Waals surface area (Å²) >= 11 is 6.03. The number of halogens is 1. The lowest BCUT2D eigenvalue weighted by Gasteiger charge is -2.11. The summed E-state index contributed by atoms with van der Waals surface area (Å²) in [7, 11) is -3.80. The predicted octanol–water partition coefficient (Wildman–Crippen LogP) is 4.84. The normalized spacial score (nSPS) is 11.4. The first-order chi connectivity index (χ1) is 14.3. The SMILES string of the molecule is Cc1cc(C)nc(NS(=O)(=O)c2ccc(Nc3ccnc4cc(Cl)ccc34)cc2)n1. The monoisotopic (exact) mass is 439 g/mol. The van der Waals surface area contributed by atoms with E-state index in [9.17, 15) is 8.42 Å². The first-order valence-corrected chi connectivity index (χ1v) is 10.9. The molecule has 0 amide bonds. The van der Waals surface area contributed by atoms with Crippen LogP contribution >= 0.6 is 11.6 Å². The molecule has 0 aliphatic heterocycles. The van der Waals surface area contributed by atoms with Gasteiger partial charge in [-0.05, 0) is 68.4 Å². The topological polar surface area (TPSA) is 96.9 Å². The second-order valence-electron chi connectivity index (χ2n) is 6.75. The molecule has 0 aliphatic carbocycles. The number of fused-ring (bicyclic) bond motifs is 1. The Balaban J connectivity index is 1.57. The molecule has 0 atom stereocenters. The highest BCUT2D eigenvalue weighted by Crippen LogP contribution is 2.27. The van der Waals surface area contributed by atoms with Gasteiger partial charge in [0.1, 0.15) is 0 Å². The maximum Gasteiger partial charge on any atom is 0.264 e. The minimum absolute atomic E-state index is 0.0524. The van der Waals surface area contributed by atoms with Crippen LogP contribution < -0.4 is 10.0 Å². The van der Waals surface area contributed by atoms with Gasteiger partial charge in [0.05, 0.1) is 10.4 Å². The Morgan fingerprint density at radius 3 is 2.30 bits per heavy atom. The molecule has 0 spiro atoms. The van der Waals surface area contributed by atoms with Gasteiger partial charge in [-0.3, -0.25) is 4.98 Å². The van der Waals surface area contributed by atoms with Crippen LogP contribution in [0.5, 0.6) is 0 Å². The van der Waals surface area contributed by atoms with E-state index in [4.69, 9.17) is 11.6 Å². The molecule has 4 aromatic rings. The number of nitrogens with zero attached hydrogens (tertiary/aromatic N) is 3. The van der Waals surface area contributed by atoms with Crippen LogP contribution in [0.4, 0.5) is 17.3 Å². The lowest BCUT2D eigenvalue weighted by molar-refractivity contribution is 0.601. The highest BCUT2D eigenvalue weighted by Gasteiger charge is 2.16. The minimum Gasteiger partial charge on any atom is -0.355 e. The van der Waals surface area contributed by atoms with Crippen LogP contribution in [-0.2, 0) is 10.0 Å². The molecule has 0 aliphatic rings. The number of nitrogens with one attached hydrogen (secondary N) is 2. The number of hydrogen-bond donors (Lipinski definition) is 2. The van der Waals surface area contributed by atoms with Crippen molar-refractivity contribution in [2.24, 2.45) is 0 Å². The van der Waals surface area contributed by atoms with E-state index in [2.05, 4.69) is 25.0 Å². The first-order valence-electron chi connectivity index (χ1n) is 9.07. The van der Waals surface area contributed by atoms with Gasteiger partial charge in [0, 0.05) is 39.4 Å². The van der Waals surface area contributed by atoms with Gasteiger partial charge in [0.15, 0.2) is 0 Å². The van der Waals surface area contributed by atoms with E-state index in [-0.39, 0.29) is 10.8 Å². The Labute approximate surface area is 179 Å². The van der Waals surface area contributed by atoms with Crippen molar-refractivity contribution in [2.45, 2.75) is 18.7 Å². The Morgan fingerprint density at radius 2 is 1.60 bits per heavy atom. The summed E-state index contributed by atoms with van der Waals surface area (Å²) in [4.78, 5) is 12.7. The van der Waals surface area contributed by atoms with Crippen molar-refractivity contribution in [3.8, 4) is 0 Å². The van der Waals surface area contributed by atoms with Crippen LogP contribution in [0.2, 0.25) is 5.02 Å². The molecule has 7 nitrogen and oxygen atoms in total. The molecule has 2 aromatic carbocycles. The highest BCUT2D eigenvalue weighted by atomic mass is 35.5. The maximum atomic E-state index is 12.7. The van der Waals surface area contributed by atoms with E-state index >= 15 is 0 Å². The van der Waals surface area contributed by atoms with Crippen LogP contribution in [0.1, 0.15) is 11.4 Å². The van der Waals surface area contributed by atoms with Crippen LogP contribution in [-0.4, -0.2) is 23.4 Å². The standard InChI is InChI=1S/C21H18ClN5O2S/c1-13-11-14(2)25-21(24-13)27-30(28,29)17-6-4-16(5-7-17)26-19-9-10-23-20-12-15(22)3-8-18(19)20/h3-12H,1-2H3,(H,23,26)(H,24,25,27). The summed E-state index contributed by atoms with van der Waals surface area (Å²) in [5.41, 5.74) is 3.72. The number of hydrogen-bond acceptors (Lipinski definition) is 6. The predicted molar refractivity (Wildman–Crippen MR) is 119 cm³/mol. The summed E-state index contributed by atoms with van der Waals surface area (Å²) in [5, 5.41) is 4.81. The van der Waals surface area contributed by atoms with E-state index in [1.54, 1.807) is 50.4 Å². The molecule has 2 N–H and O–H groups in total. The van der Waals surface area contributed by atoms with Gasteiger partial charge in [-0.2, -0.15) is 0 Å². The summed E-state index contributed by atoms with van der Waals surface area (Å²) in [6.45, 7) is 3.56. The van der Waals surface area contributed by atoms with Crippen molar-refractivity contribution in [1.82, 2.24) is 15.0 Å². The third-order valence-electron chi connectivity index (χ3n) is 4.36. The molecule has 0 unspecified atom stereocenters. The van der Waals surface area contributed by atoms with Gasteiger partial charge < -0.3 is 5.32 Å². The quantitative estimate of drug-likeness (QED) is 0.461. The summed E-state index contributed by atoms with van der Waals surface area (Å²) in [5.74, 6) is 0.0524. The third kappa shape index (κ3) is 4.34. The largest absolute Gasteiger partial charge is 0.355 e. The molecular formula is C21H18ClN5O2S. The molecule has 9 heteroatoms. The maximum absolute atomic E-state index is 12.7. The number of aryl methyl sites for hydroxylation is 2. The molecule has 4 rings (SSSR count). The van der Waals surface area contributed by atoms with Crippen LogP contribution in [0.25, 0.3) is 10.9 Å². The lowest BCUT2D eigenvalue weighted by Crippen LogP contribution is -2.15. The Hall–Kier alpha value is -3.23. The Kier molecular flexibility index (Phi) is 5.27. The summed E-state index contributed by atoms with van der Waals surface area (Å²) < 4.78 is 27.8. The van der Waals surface area contributed by atoms with Gasteiger partial charge in [-0.25, -0.2) is 23.1 Å². The number of pyridine rings is 1.